The normalized spacial score (nSPS) is 16.2. The van der Waals surface area contributed by atoms with Crippen LogP contribution in [0.5, 0.6) is 0 Å². The van der Waals surface area contributed by atoms with E-state index in [-0.39, 0.29) is 0 Å². The summed E-state index contributed by atoms with van der Waals surface area (Å²) >= 11 is 0. The van der Waals surface area contributed by atoms with Crippen molar-refractivity contribution in [3.63, 3.8) is 0 Å². The number of nitrogens with zero attached hydrogens (tertiary/aromatic N) is 1. The second-order valence-electron chi connectivity index (χ2n) is 5.41. The molecule has 1 aliphatic rings. The summed E-state index contributed by atoms with van der Waals surface area (Å²) in [6.45, 7) is 7.93. The Morgan fingerprint density at radius 1 is 1.26 bits per heavy atom. The van der Waals surface area contributed by atoms with Crippen molar-refractivity contribution in [2.24, 2.45) is 0 Å². The van der Waals surface area contributed by atoms with Crippen molar-refractivity contribution in [2.45, 2.75) is 33.1 Å². The average Bonchev–Trinajstić information content (AvgIpc) is 2.68. The van der Waals surface area contributed by atoms with Crippen molar-refractivity contribution in [2.75, 3.05) is 26.2 Å². The van der Waals surface area contributed by atoms with Crippen LogP contribution in [0.15, 0.2) is 18.2 Å². The third-order valence-electron chi connectivity index (χ3n) is 3.81. The number of hydrogen-bond acceptors (Lipinski definition) is 2. The Morgan fingerprint density at radius 3 is 2.95 bits per heavy atom. The van der Waals surface area contributed by atoms with Crippen LogP contribution in [0, 0.1) is 13.8 Å². The molecule has 104 valence electrons. The highest BCUT2D eigenvalue weighted by Crippen LogP contribution is 2.13. The number of hydrogen-bond donors (Lipinski definition) is 1. The average molecular weight is 260 g/mol. The van der Waals surface area contributed by atoms with Crippen LogP contribution >= 0.6 is 0 Å². The minimum atomic E-state index is 0.296. The zero-order valence-corrected chi connectivity index (χ0v) is 12.0. The second-order valence-corrected chi connectivity index (χ2v) is 5.41. The molecule has 0 aliphatic carbocycles. The SMILES string of the molecule is Cc1ccc(C)c(CCC(=O)N2CCCNCC2)c1. The van der Waals surface area contributed by atoms with Gasteiger partial charge < -0.3 is 10.2 Å². The van der Waals surface area contributed by atoms with E-state index < -0.39 is 0 Å². The van der Waals surface area contributed by atoms with Crippen LogP contribution < -0.4 is 5.32 Å². The Balaban J connectivity index is 1.90. The van der Waals surface area contributed by atoms with Crippen LogP contribution in [0.2, 0.25) is 0 Å². The van der Waals surface area contributed by atoms with Gasteiger partial charge in [0.25, 0.3) is 0 Å². The molecule has 0 spiro atoms. The number of nitrogens with one attached hydrogen (secondary N) is 1. The Labute approximate surface area is 116 Å². The van der Waals surface area contributed by atoms with Gasteiger partial charge in [-0.15, -0.1) is 0 Å². The van der Waals surface area contributed by atoms with E-state index in [1.807, 2.05) is 4.90 Å². The molecule has 2 rings (SSSR count). The topological polar surface area (TPSA) is 32.3 Å². The maximum Gasteiger partial charge on any atom is 0.222 e. The predicted octanol–water partition coefficient (Wildman–Crippen LogP) is 2.06. The van der Waals surface area contributed by atoms with E-state index in [4.69, 9.17) is 0 Å². The van der Waals surface area contributed by atoms with Gasteiger partial charge in [-0.25, -0.2) is 0 Å². The van der Waals surface area contributed by atoms with E-state index in [2.05, 4.69) is 37.4 Å². The molecule has 0 unspecified atom stereocenters. The first-order chi connectivity index (χ1) is 9.16. The molecular formula is C16H24N2O. The molecule has 19 heavy (non-hydrogen) atoms. The molecule has 3 heteroatoms. The third kappa shape index (κ3) is 4.06. The largest absolute Gasteiger partial charge is 0.341 e. The summed E-state index contributed by atoms with van der Waals surface area (Å²) in [5.41, 5.74) is 3.87. The summed E-state index contributed by atoms with van der Waals surface area (Å²) in [5.74, 6) is 0.296. The first kappa shape index (κ1) is 14.1. The number of amides is 1. The molecule has 1 heterocycles. The molecule has 3 nitrogen and oxygen atoms in total. The van der Waals surface area contributed by atoms with E-state index in [0.717, 1.165) is 39.0 Å². The van der Waals surface area contributed by atoms with E-state index in [1.54, 1.807) is 0 Å². The summed E-state index contributed by atoms with van der Waals surface area (Å²) < 4.78 is 0. The Morgan fingerprint density at radius 2 is 2.11 bits per heavy atom. The summed E-state index contributed by atoms with van der Waals surface area (Å²) in [4.78, 5) is 14.2. The molecular weight excluding hydrogens is 236 g/mol. The smallest absolute Gasteiger partial charge is 0.222 e. The molecule has 0 radical (unpaired) electrons. The van der Waals surface area contributed by atoms with Gasteiger partial charge in [0.1, 0.15) is 0 Å². The van der Waals surface area contributed by atoms with Crippen molar-refractivity contribution < 1.29 is 4.79 Å². The van der Waals surface area contributed by atoms with Crippen molar-refractivity contribution in [1.82, 2.24) is 10.2 Å². The molecule has 1 aromatic carbocycles. The van der Waals surface area contributed by atoms with Crippen LogP contribution in [0.4, 0.5) is 0 Å². The number of carbonyl (C=O) groups is 1. The lowest BCUT2D eigenvalue weighted by atomic mass is 10.0. The predicted molar refractivity (Wildman–Crippen MR) is 78.3 cm³/mol. The monoisotopic (exact) mass is 260 g/mol. The van der Waals surface area contributed by atoms with E-state index in [9.17, 15) is 4.79 Å². The lowest BCUT2D eigenvalue weighted by Gasteiger charge is -2.20. The van der Waals surface area contributed by atoms with Gasteiger partial charge in [0.15, 0.2) is 0 Å². The van der Waals surface area contributed by atoms with Gasteiger partial charge in [0.2, 0.25) is 5.91 Å². The lowest BCUT2D eigenvalue weighted by molar-refractivity contribution is -0.130. The van der Waals surface area contributed by atoms with Gasteiger partial charge in [-0.05, 0) is 44.4 Å². The van der Waals surface area contributed by atoms with Crippen LogP contribution in [0.25, 0.3) is 0 Å². The van der Waals surface area contributed by atoms with Crippen molar-refractivity contribution in [3.8, 4) is 0 Å². The fourth-order valence-corrected chi connectivity index (χ4v) is 2.56. The zero-order valence-electron chi connectivity index (χ0n) is 12.0. The van der Waals surface area contributed by atoms with Crippen molar-refractivity contribution in [3.05, 3.63) is 34.9 Å². The van der Waals surface area contributed by atoms with E-state index in [0.29, 0.717) is 12.3 Å². The van der Waals surface area contributed by atoms with Gasteiger partial charge in [0.05, 0.1) is 0 Å². The molecule has 1 amide bonds. The van der Waals surface area contributed by atoms with Crippen LogP contribution in [0.1, 0.15) is 29.5 Å². The molecule has 1 N–H and O–H groups in total. The van der Waals surface area contributed by atoms with Crippen LogP contribution in [-0.4, -0.2) is 37.0 Å². The second kappa shape index (κ2) is 6.71. The van der Waals surface area contributed by atoms with Gasteiger partial charge >= 0.3 is 0 Å². The molecule has 1 aromatic rings. The first-order valence-corrected chi connectivity index (χ1v) is 7.21. The number of benzene rings is 1. The Bertz CT molecular complexity index is 434. The molecule has 1 aliphatic heterocycles. The highest BCUT2D eigenvalue weighted by Gasteiger charge is 2.15. The summed E-state index contributed by atoms with van der Waals surface area (Å²) in [7, 11) is 0. The van der Waals surface area contributed by atoms with Crippen LogP contribution in [0.3, 0.4) is 0 Å². The maximum atomic E-state index is 12.2. The number of rotatable bonds is 3. The Hall–Kier alpha value is -1.35. The minimum absolute atomic E-state index is 0.296. The fourth-order valence-electron chi connectivity index (χ4n) is 2.56. The zero-order chi connectivity index (χ0) is 13.7. The van der Waals surface area contributed by atoms with Crippen molar-refractivity contribution >= 4 is 5.91 Å². The minimum Gasteiger partial charge on any atom is -0.341 e. The number of carbonyl (C=O) groups excluding carboxylic acids is 1. The molecule has 0 saturated carbocycles. The molecule has 0 aromatic heterocycles. The van der Waals surface area contributed by atoms with Crippen LogP contribution in [-0.2, 0) is 11.2 Å². The summed E-state index contributed by atoms with van der Waals surface area (Å²) in [6, 6.07) is 6.47. The van der Waals surface area contributed by atoms with Crippen molar-refractivity contribution in [1.29, 1.82) is 0 Å². The third-order valence-corrected chi connectivity index (χ3v) is 3.81. The molecule has 1 saturated heterocycles. The maximum absolute atomic E-state index is 12.2. The lowest BCUT2D eigenvalue weighted by Crippen LogP contribution is -2.34. The molecule has 0 bridgehead atoms. The Kier molecular flexibility index (Phi) is 4.97. The van der Waals surface area contributed by atoms with Gasteiger partial charge in [-0.3, -0.25) is 4.79 Å². The highest BCUT2D eigenvalue weighted by atomic mass is 16.2. The first-order valence-electron chi connectivity index (χ1n) is 7.21. The molecule has 0 atom stereocenters. The quantitative estimate of drug-likeness (QED) is 0.902. The number of aryl methyl sites for hydroxylation is 3. The molecule has 1 fully saturated rings. The standard InChI is InChI=1S/C16H24N2O/c1-13-4-5-14(2)15(12-13)6-7-16(19)18-10-3-8-17-9-11-18/h4-5,12,17H,3,6-11H2,1-2H3. The summed E-state index contributed by atoms with van der Waals surface area (Å²) in [6.07, 6.45) is 2.55. The van der Waals surface area contributed by atoms with E-state index >= 15 is 0 Å². The highest BCUT2D eigenvalue weighted by molar-refractivity contribution is 5.76. The summed E-state index contributed by atoms with van der Waals surface area (Å²) in [5, 5.41) is 3.33. The van der Waals surface area contributed by atoms with Gasteiger partial charge in [-0.1, -0.05) is 23.8 Å². The fraction of sp³-hybridized carbons (Fsp3) is 0.562. The van der Waals surface area contributed by atoms with Gasteiger partial charge in [0, 0.05) is 26.1 Å². The van der Waals surface area contributed by atoms with Gasteiger partial charge in [-0.2, -0.15) is 0 Å². The van der Waals surface area contributed by atoms with E-state index in [1.165, 1.54) is 16.7 Å².